The first-order valence-electron chi connectivity index (χ1n) is 11.7. The van der Waals surface area contributed by atoms with Crippen LogP contribution in [0.25, 0.3) is 0 Å². The molecule has 0 rings (SSSR count). The van der Waals surface area contributed by atoms with Crippen molar-refractivity contribution >= 4 is 10.0 Å². The van der Waals surface area contributed by atoms with Crippen LogP contribution in [0.2, 0.25) is 0 Å². The Balaban J connectivity index is 6.93. The summed E-state index contributed by atoms with van der Waals surface area (Å²) in [6, 6.07) is 0. The lowest BCUT2D eigenvalue weighted by molar-refractivity contribution is -0.482. The summed E-state index contributed by atoms with van der Waals surface area (Å²) in [7, 11) is -2.52. The molecule has 0 saturated carbocycles. The Morgan fingerprint density at radius 2 is 0.714 bits per heavy atom. The van der Waals surface area contributed by atoms with Crippen molar-refractivity contribution in [3.05, 3.63) is 0 Å². The summed E-state index contributed by atoms with van der Waals surface area (Å²) in [6.07, 6.45) is -11.7. The first-order chi connectivity index (χ1) is 20.9. The van der Waals surface area contributed by atoms with Gasteiger partial charge in [0.25, 0.3) is 0 Å². The minimum absolute atomic E-state index is 0.0297. The molecule has 0 aromatic rings. The van der Waals surface area contributed by atoms with Crippen LogP contribution in [0.4, 0.5) is 110 Å². The van der Waals surface area contributed by atoms with Crippen LogP contribution in [0.1, 0.15) is 12.8 Å². The summed E-state index contributed by atoms with van der Waals surface area (Å²) < 4.78 is 362. The van der Waals surface area contributed by atoms with Gasteiger partial charge in [-0.1, -0.05) is 0 Å². The summed E-state index contributed by atoms with van der Waals surface area (Å²) in [5.74, 6) is -102. The fourth-order valence-corrected chi connectivity index (χ4v) is 4.22. The minimum Gasteiger partial charge on any atom is -0.309 e. The third-order valence-electron chi connectivity index (χ3n) is 6.15. The highest BCUT2D eigenvalue weighted by Crippen LogP contribution is 2.67. The van der Waals surface area contributed by atoms with Crippen molar-refractivity contribution in [1.29, 1.82) is 0 Å². The van der Waals surface area contributed by atoms with E-state index in [0.717, 1.165) is 0 Å². The molecule has 0 spiro atoms. The lowest BCUT2D eigenvalue weighted by Crippen LogP contribution is -2.78. The lowest BCUT2D eigenvalue weighted by atomic mass is 9.84. The average Bonchev–Trinajstić information content (AvgIpc) is 2.88. The van der Waals surface area contributed by atoms with Crippen molar-refractivity contribution in [2.24, 2.45) is 0 Å². The Bertz CT molecular complexity index is 1260. The third-order valence-corrected chi connectivity index (χ3v) is 7.54. The maximum absolute atomic E-state index is 14.0. The third kappa shape index (κ3) is 7.14. The van der Waals surface area contributed by atoms with Gasteiger partial charge < -0.3 is 4.90 Å². The molecule has 0 aliphatic rings. The second-order valence-electron chi connectivity index (χ2n) is 10.1. The summed E-state index contributed by atoms with van der Waals surface area (Å²) in [4.78, 5) is 1.37. The molecule has 0 radical (unpaired) electrons. The van der Waals surface area contributed by atoms with E-state index in [1.165, 1.54) is 23.7 Å². The van der Waals surface area contributed by atoms with Crippen molar-refractivity contribution in [2.75, 3.05) is 32.9 Å². The zero-order valence-corrected chi connectivity index (χ0v) is 24.0. The van der Waals surface area contributed by atoms with Crippen LogP contribution in [0.5, 0.6) is 0 Å². The van der Waals surface area contributed by atoms with Crippen LogP contribution < -0.4 is 4.72 Å². The Morgan fingerprint density at radius 1 is 0.449 bits per heavy atom. The van der Waals surface area contributed by atoms with Crippen molar-refractivity contribution < 1.29 is 118 Å². The average molecular weight is 812 g/mol. The normalized spacial score (nSPS) is 16.5. The molecule has 0 unspecified atom stereocenters. The van der Waals surface area contributed by atoms with E-state index in [1.54, 1.807) is 0 Å². The SMILES string of the molecule is CN(C)CCCNS(=O)(=O)CCC(F)(F)C(F)(F)C(F)(F)C(F)(F)C(F)(F)C(F)(F)C(F)(F)C(F)(F)C(F)(F)C(F)(F)C(F)(F)C(F)(F)F. The highest BCUT2D eigenvalue weighted by molar-refractivity contribution is 7.89. The van der Waals surface area contributed by atoms with E-state index in [2.05, 4.69) is 0 Å². The van der Waals surface area contributed by atoms with Crippen LogP contribution in [0, 0.1) is 0 Å². The van der Waals surface area contributed by atoms with E-state index in [0.29, 0.717) is 0 Å². The highest BCUT2D eigenvalue weighted by Gasteiger charge is 2.99. The zero-order valence-electron chi connectivity index (χ0n) is 23.2. The Kier molecular flexibility index (Phi) is 12.5. The molecule has 49 heavy (non-hydrogen) atoms. The Labute approximate surface area is 256 Å². The Morgan fingerprint density at radius 3 is 0.980 bits per heavy atom. The molecule has 0 aliphatic heterocycles. The predicted octanol–water partition coefficient (Wildman–Crippen LogP) is 7.80. The smallest absolute Gasteiger partial charge is 0.309 e. The number of sulfonamides is 1. The second-order valence-corrected chi connectivity index (χ2v) is 12.0. The van der Waals surface area contributed by atoms with E-state index in [4.69, 9.17) is 0 Å². The van der Waals surface area contributed by atoms with Crippen LogP contribution in [0.3, 0.4) is 0 Å². The molecule has 0 fully saturated rings. The molecule has 30 heteroatoms. The van der Waals surface area contributed by atoms with E-state index >= 15 is 0 Å². The molecule has 0 atom stereocenters. The van der Waals surface area contributed by atoms with Gasteiger partial charge in [-0.15, -0.1) is 0 Å². The summed E-state index contributed by atoms with van der Waals surface area (Å²) in [5, 5.41) is 0. The first kappa shape index (κ1) is 47.1. The molecular formula is C19H17F25N2O2S. The zero-order chi connectivity index (χ0) is 40.3. The number of hydrogen-bond donors (Lipinski definition) is 1. The first-order valence-corrected chi connectivity index (χ1v) is 13.4. The van der Waals surface area contributed by atoms with Gasteiger partial charge in [0.05, 0.1) is 5.75 Å². The molecule has 0 amide bonds. The fraction of sp³-hybridized carbons (Fsp3) is 1.00. The predicted molar refractivity (Wildman–Crippen MR) is 110 cm³/mol. The van der Waals surface area contributed by atoms with Gasteiger partial charge in [-0.2, -0.15) is 110 Å². The van der Waals surface area contributed by atoms with E-state index in [1.807, 2.05) is 0 Å². The molecule has 1 N–H and O–H groups in total. The molecule has 0 heterocycles. The topological polar surface area (TPSA) is 49.4 Å². The van der Waals surface area contributed by atoms with Gasteiger partial charge in [0.15, 0.2) is 0 Å². The number of nitrogens with one attached hydrogen (secondary N) is 1. The number of halogens is 25. The van der Waals surface area contributed by atoms with Crippen molar-refractivity contribution in [1.82, 2.24) is 9.62 Å². The molecule has 0 bridgehead atoms. The number of alkyl halides is 25. The molecule has 0 aromatic carbocycles. The monoisotopic (exact) mass is 812 g/mol. The molecule has 296 valence electrons. The van der Waals surface area contributed by atoms with Crippen LogP contribution in [0.15, 0.2) is 0 Å². The molecule has 0 aromatic heterocycles. The van der Waals surface area contributed by atoms with Gasteiger partial charge in [-0.05, 0) is 27.1 Å². The summed E-state index contributed by atoms with van der Waals surface area (Å²) in [6.45, 7) is -0.697. The van der Waals surface area contributed by atoms with Gasteiger partial charge >= 0.3 is 71.3 Å². The molecule has 0 saturated heterocycles. The van der Waals surface area contributed by atoms with E-state index < -0.39 is 100 Å². The van der Waals surface area contributed by atoms with Crippen molar-refractivity contribution in [3.8, 4) is 0 Å². The largest absolute Gasteiger partial charge is 0.460 e. The van der Waals surface area contributed by atoms with Crippen LogP contribution >= 0.6 is 0 Å². The van der Waals surface area contributed by atoms with Gasteiger partial charge in [-0.25, -0.2) is 13.1 Å². The number of rotatable bonds is 18. The molecular weight excluding hydrogens is 795 g/mol. The lowest BCUT2D eigenvalue weighted by Gasteiger charge is -2.45. The van der Waals surface area contributed by atoms with Gasteiger partial charge in [0.1, 0.15) is 0 Å². The number of hydrogen-bond acceptors (Lipinski definition) is 3. The fourth-order valence-electron chi connectivity index (χ4n) is 3.10. The minimum atomic E-state index is -9.66. The van der Waals surface area contributed by atoms with Crippen LogP contribution in [-0.4, -0.2) is 118 Å². The molecule has 4 nitrogen and oxygen atoms in total. The highest BCUT2D eigenvalue weighted by atomic mass is 32.2. The quantitative estimate of drug-likeness (QED) is 0.114. The van der Waals surface area contributed by atoms with Crippen LogP contribution in [-0.2, 0) is 10.0 Å². The van der Waals surface area contributed by atoms with E-state index in [-0.39, 0.29) is 13.0 Å². The van der Waals surface area contributed by atoms with Gasteiger partial charge in [-0.3, -0.25) is 0 Å². The van der Waals surface area contributed by atoms with Gasteiger partial charge in [0.2, 0.25) is 10.0 Å². The molecule has 0 aliphatic carbocycles. The summed E-state index contributed by atoms with van der Waals surface area (Å²) in [5.41, 5.74) is 0. The maximum atomic E-state index is 14.0. The van der Waals surface area contributed by atoms with E-state index in [9.17, 15) is 118 Å². The number of nitrogens with zero attached hydrogens (tertiary/aromatic N) is 1. The standard InChI is InChI=1S/C19H17F25N2O2S/c1-46(2)6-3-5-45-49(47,48)7-4-8(20,21)9(22,23)10(24,25)11(26,27)12(28,29)13(30,31)14(32,33)15(34,35)16(36,37)17(38,39)18(40,41)19(42,43)44/h45H,3-7H2,1-2H3. The van der Waals surface area contributed by atoms with Crippen molar-refractivity contribution in [2.45, 2.75) is 84.2 Å². The van der Waals surface area contributed by atoms with Gasteiger partial charge in [0, 0.05) is 13.0 Å². The maximum Gasteiger partial charge on any atom is 0.460 e. The second kappa shape index (κ2) is 13.0. The van der Waals surface area contributed by atoms with Crippen molar-refractivity contribution in [3.63, 3.8) is 0 Å². The Hall–Kier alpha value is -1.88. The summed E-state index contributed by atoms with van der Waals surface area (Å²) >= 11 is 0.